The normalized spacial score (nSPS) is 11.3. The van der Waals surface area contributed by atoms with Crippen LogP contribution in [0.15, 0.2) is 84.0 Å². The van der Waals surface area contributed by atoms with E-state index in [2.05, 4.69) is 63.4 Å². The summed E-state index contributed by atoms with van der Waals surface area (Å²) in [7, 11) is 0. The summed E-state index contributed by atoms with van der Waals surface area (Å²) in [4.78, 5) is 12.3. The van der Waals surface area contributed by atoms with Gasteiger partial charge in [0, 0.05) is 14.7 Å². The van der Waals surface area contributed by atoms with E-state index in [9.17, 15) is 4.79 Å². The van der Waals surface area contributed by atoms with Crippen molar-refractivity contribution in [3.63, 3.8) is 0 Å². The van der Waals surface area contributed by atoms with Gasteiger partial charge in [0.1, 0.15) is 0 Å². The maximum absolute atomic E-state index is 12.3. The van der Waals surface area contributed by atoms with E-state index in [0.29, 0.717) is 5.56 Å². The van der Waals surface area contributed by atoms with Gasteiger partial charge in [0.25, 0.3) is 5.91 Å². The van der Waals surface area contributed by atoms with Gasteiger partial charge >= 0.3 is 0 Å². The van der Waals surface area contributed by atoms with Gasteiger partial charge in [0.05, 0.1) is 6.21 Å². The zero-order valence-electron chi connectivity index (χ0n) is 13.8. The lowest BCUT2D eigenvalue weighted by Crippen LogP contribution is -2.17. The fraction of sp³-hybridized carbons (Fsp3) is 0. The lowest BCUT2D eigenvalue weighted by molar-refractivity contribution is 0.0955. The number of hydrogen-bond donors (Lipinski definition) is 1. The van der Waals surface area contributed by atoms with E-state index in [1.807, 2.05) is 42.5 Å². The molecule has 3 nitrogen and oxygen atoms in total. The third-order valence-electron chi connectivity index (χ3n) is 4.26. The first kappa shape index (κ1) is 16.7. The van der Waals surface area contributed by atoms with Crippen molar-refractivity contribution >= 4 is 56.3 Å². The first-order chi connectivity index (χ1) is 12.7. The largest absolute Gasteiger partial charge is 0.271 e. The van der Waals surface area contributed by atoms with Crippen LogP contribution in [0.25, 0.3) is 21.5 Å². The molecule has 0 spiro atoms. The predicted octanol–water partition coefficient (Wildman–Crippen LogP) is 5.36. The molecule has 1 amide bonds. The summed E-state index contributed by atoms with van der Waals surface area (Å²) >= 11 is 2.19. The van der Waals surface area contributed by atoms with Gasteiger partial charge in [-0.05, 0) is 68.4 Å². The quantitative estimate of drug-likeness (QED) is 0.194. The van der Waals surface area contributed by atoms with E-state index < -0.39 is 0 Å². The van der Waals surface area contributed by atoms with E-state index in [1.165, 1.54) is 0 Å². The highest BCUT2D eigenvalue weighted by atomic mass is 127. The number of nitrogens with one attached hydrogen (secondary N) is 1. The summed E-state index contributed by atoms with van der Waals surface area (Å²) in [6, 6.07) is 26.0. The third kappa shape index (κ3) is 3.32. The number of rotatable bonds is 3. The van der Waals surface area contributed by atoms with Crippen LogP contribution in [0.1, 0.15) is 15.9 Å². The number of halogens is 1. The zero-order chi connectivity index (χ0) is 17.9. The minimum Gasteiger partial charge on any atom is -0.267 e. The fourth-order valence-corrected chi connectivity index (χ4v) is 3.58. The Bertz CT molecular complexity index is 1100. The van der Waals surface area contributed by atoms with Crippen molar-refractivity contribution in [3.05, 3.63) is 93.6 Å². The van der Waals surface area contributed by atoms with Crippen LogP contribution in [0.5, 0.6) is 0 Å². The SMILES string of the molecule is O=C(N/N=C/c1c2ccccc2cc2ccccc12)c1cccc(I)c1. The number of fused-ring (bicyclic) bond motifs is 2. The summed E-state index contributed by atoms with van der Waals surface area (Å²) in [6.07, 6.45) is 1.73. The molecule has 126 valence electrons. The van der Waals surface area contributed by atoms with Crippen molar-refractivity contribution in [1.82, 2.24) is 5.43 Å². The lowest BCUT2D eigenvalue weighted by atomic mass is 9.97. The highest BCUT2D eigenvalue weighted by Crippen LogP contribution is 2.27. The Morgan fingerprint density at radius 1 is 0.846 bits per heavy atom. The second-order valence-corrected chi connectivity index (χ2v) is 7.19. The number of carbonyl (C=O) groups excluding carboxylic acids is 1. The van der Waals surface area contributed by atoms with E-state index in [-0.39, 0.29) is 5.91 Å². The average Bonchev–Trinajstić information content (AvgIpc) is 2.67. The van der Waals surface area contributed by atoms with Crippen molar-refractivity contribution in [2.24, 2.45) is 5.10 Å². The summed E-state index contributed by atoms with van der Waals surface area (Å²) < 4.78 is 1.01. The van der Waals surface area contributed by atoms with Gasteiger partial charge in [0.15, 0.2) is 0 Å². The number of nitrogens with zero attached hydrogens (tertiary/aromatic N) is 1. The van der Waals surface area contributed by atoms with E-state index in [0.717, 1.165) is 30.7 Å². The number of hydrogen-bond acceptors (Lipinski definition) is 2. The number of benzene rings is 4. The summed E-state index contributed by atoms with van der Waals surface area (Å²) in [6.45, 7) is 0. The number of carbonyl (C=O) groups is 1. The third-order valence-corrected chi connectivity index (χ3v) is 4.93. The maximum atomic E-state index is 12.3. The van der Waals surface area contributed by atoms with Gasteiger partial charge in [-0.1, -0.05) is 54.6 Å². The average molecular weight is 450 g/mol. The Hall–Kier alpha value is -2.73. The second-order valence-electron chi connectivity index (χ2n) is 5.94. The molecule has 0 heterocycles. The van der Waals surface area contributed by atoms with Crippen molar-refractivity contribution < 1.29 is 4.79 Å². The van der Waals surface area contributed by atoms with Crippen LogP contribution in [0.2, 0.25) is 0 Å². The zero-order valence-corrected chi connectivity index (χ0v) is 16.0. The Kier molecular flexibility index (Phi) is 4.67. The van der Waals surface area contributed by atoms with Crippen molar-refractivity contribution in [2.45, 2.75) is 0 Å². The molecule has 0 radical (unpaired) electrons. The molecule has 0 fully saturated rings. The van der Waals surface area contributed by atoms with Gasteiger partial charge in [-0.3, -0.25) is 4.79 Å². The van der Waals surface area contributed by atoms with Crippen molar-refractivity contribution in [1.29, 1.82) is 0 Å². The molecule has 26 heavy (non-hydrogen) atoms. The van der Waals surface area contributed by atoms with Crippen LogP contribution < -0.4 is 5.43 Å². The molecule has 0 saturated heterocycles. The number of hydrazone groups is 1. The van der Waals surface area contributed by atoms with Crippen LogP contribution >= 0.6 is 22.6 Å². The van der Waals surface area contributed by atoms with Gasteiger partial charge < -0.3 is 0 Å². The molecular weight excluding hydrogens is 435 g/mol. The molecule has 4 rings (SSSR count). The molecular formula is C22H15IN2O. The molecule has 4 aromatic carbocycles. The predicted molar refractivity (Wildman–Crippen MR) is 116 cm³/mol. The molecule has 0 unspecified atom stereocenters. The Labute approximate surface area is 164 Å². The molecule has 0 atom stereocenters. The van der Waals surface area contributed by atoms with E-state index >= 15 is 0 Å². The van der Waals surface area contributed by atoms with Gasteiger partial charge in [-0.2, -0.15) is 5.10 Å². The van der Waals surface area contributed by atoms with E-state index in [4.69, 9.17) is 0 Å². The molecule has 0 aromatic heterocycles. The molecule has 0 aliphatic carbocycles. The van der Waals surface area contributed by atoms with Crippen LogP contribution in [0, 0.1) is 3.57 Å². The van der Waals surface area contributed by atoms with Crippen molar-refractivity contribution in [3.8, 4) is 0 Å². The molecule has 0 aliphatic rings. The Morgan fingerprint density at radius 2 is 1.50 bits per heavy atom. The maximum Gasteiger partial charge on any atom is 0.271 e. The minimum atomic E-state index is -0.218. The van der Waals surface area contributed by atoms with Crippen LogP contribution in [-0.2, 0) is 0 Å². The summed E-state index contributed by atoms with van der Waals surface area (Å²) in [5, 5.41) is 8.74. The molecule has 0 saturated carbocycles. The topological polar surface area (TPSA) is 41.5 Å². The molecule has 1 N–H and O–H groups in total. The van der Waals surface area contributed by atoms with Gasteiger partial charge in [-0.25, -0.2) is 5.43 Å². The van der Waals surface area contributed by atoms with Gasteiger partial charge in [-0.15, -0.1) is 0 Å². The summed E-state index contributed by atoms with van der Waals surface area (Å²) in [5.74, 6) is -0.218. The highest BCUT2D eigenvalue weighted by molar-refractivity contribution is 14.1. The molecule has 4 aromatic rings. The van der Waals surface area contributed by atoms with E-state index in [1.54, 1.807) is 12.3 Å². The lowest BCUT2D eigenvalue weighted by Gasteiger charge is -2.08. The first-order valence-electron chi connectivity index (χ1n) is 8.22. The Balaban J connectivity index is 1.71. The minimum absolute atomic E-state index is 0.218. The second kappa shape index (κ2) is 7.25. The fourth-order valence-electron chi connectivity index (χ4n) is 3.04. The van der Waals surface area contributed by atoms with Crippen molar-refractivity contribution in [2.75, 3.05) is 0 Å². The summed E-state index contributed by atoms with van der Waals surface area (Å²) in [5.41, 5.74) is 4.23. The smallest absolute Gasteiger partial charge is 0.267 e. The van der Waals surface area contributed by atoms with Crippen LogP contribution in [0.3, 0.4) is 0 Å². The monoisotopic (exact) mass is 450 g/mol. The first-order valence-corrected chi connectivity index (χ1v) is 9.30. The molecule has 4 heteroatoms. The molecule has 0 bridgehead atoms. The standard InChI is InChI=1S/C22H15IN2O/c23-18-9-5-8-17(13-18)22(26)25-24-14-21-19-10-3-1-6-15(19)12-16-7-2-4-11-20(16)21/h1-14H,(H,25,26)/b24-14+. The molecule has 0 aliphatic heterocycles. The van der Waals surface area contributed by atoms with Crippen LogP contribution in [0.4, 0.5) is 0 Å². The highest BCUT2D eigenvalue weighted by Gasteiger charge is 2.07. The number of amides is 1. The van der Waals surface area contributed by atoms with Gasteiger partial charge in [0.2, 0.25) is 0 Å². The van der Waals surface area contributed by atoms with Crippen LogP contribution in [-0.4, -0.2) is 12.1 Å². The Morgan fingerprint density at radius 3 is 2.15 bits per heavy atom.